The third-order valence-corrected chi connectivity index (χ3v) is 5.10. The molecule has 6 heteroatoms. The Bertz CT molecular complexity index is 1290. The van der Waals surface area contributed by atoms with Crippen LogP contribution in [0.1, 0.15) is 24.6 Å². The van der Waals surface area contributed by atoms with Crippen molar-refractivity contribution >= 4 is 22.6 Å². The largest absolute Gasteiger partial charge is 0.326 e. The molecular weight excluding hydrogens is 372 g/mol. The maximum absolute atomic E-state index is 5.76. The highest BCUT2D eigenvalue weighted by atomic mass is 15.2. The number of nitrogens with zero attached hydrogens (tertiary/aromatic N) is 5. The second-order valence-corrected chi connectivity index (χ2v) is 7.29. The van der Waals surface area contributed by atoms with E-state index in [1.165, 1.54) is 0 Å². The summed E-state index contributed by atoms with van der Waals surface area (Å²) in [6.45, 7) is 2.47. The van der Waals surface area contributed by atoms with E-state index in [-0.39, 0.29) is 0 Å². The van der Waals surface area contributed by atoms with Gasteiger partial charge in [0, 0.05) is 29.8 Å². The summed E-state index contributed by atoms with van der Waals surface area (Å²) in [7, 11) is 0. The van der Waals surface area contributed by atoms with Crippen molar-refractivity contribution in [2.24, 2.45) is 15.9 Å². The lowest BCUT2D eigenvalue weighted by Crippen LogP contribution is -2.05. The molecule has 2 aromatic carbocycles. The smallest absolute Gasteiger partial charge is 0.179 e. The van der Waals surface area contributed by atoms with Gasteiger partial charge in [0.05, 0.1) is 22.8 Å². The van der Waals surface area contributed by atoms with E-state index in [2.05, 4.69) is 10.2 Å². The molecule has 0 amide bonds. The van der Waals surface area contributed by atoms with Crippen LogP contribution in [0.5, 0.6) is 0 Å². The predicted molar refractivity (Wildman–Crippen MR) is 120 cm³/mol. The lowest BCUT2D eigenvalue weighted by atomic mass is 10.0. The van der Waals surface area contributed by atoms with Gasteiger partial charge in [-0.1, -0.05) is 54.6 Å². The zero-order valence-corrected chi connectivity index (χ0v) is 16.6. The van der Waals surface area contributed by atoms with E-state index in [0.29, 0.717) is 18.6 Å². The first-order chi connectivity index (χ1) is 14.7. The van der Waals surface area contributed by atoms with Gasteiger partial charge in [0.1, 0.15) is 5.52 Å². The minimum absolute atomic E-state index is 0.504. The van der Waals surface area contributed by atoms with Crippen molar-refractivity contribution in [2.45, 2.75) is 19.9 Å². The number of aromatic nitrogens is 3. The molecule has 0 spiro atoms. The molecule has 5 rings (SSSR count). The van der Waals surface area contributed by atoms with Gasteiger partial charge in [-0.15, -0.1) is 0 Å². The van der Waals surface area contributed by atoms with Crippen molar-refractivity contribution in [1.82, 2.24) is 15.0 Å². The second kappa shape index (κ2) is 7.57. The molecule has 0 unspecified atom stereocenters. The number of hydrogen-bond acceptors (Lipinski definition) is 6. The fraction of sp³-hybridized carbons (Fsp3) is 0.125. The van der Waals surface area contributed by atoms with Crippen molar-refractivity contribution in [3.05, 3.63) is 78.0 Å². The molecule has 3 heterocycles. The average molecular weight is 392 g/mol. The lowest BCUT2D eigenvalue weighted by Gasteiger charge is -2.11. The highest BCUT2D eigenvalue weighted by Gasteiger charge is 2.17. The molecular formula is C24H20N6. The molecule has 0 atom stereocenters. The number of rotatable bonds is 4. The summed E-state index contributed by atoms with van der Waals surface area (Å²) in [5.41, 5.74) is 14.4. The first-order valence-electron chi connectivity index (χ1n) is 9.85. The SMILES string of the molecule is CC1=NN=C(c2ccc3nc(-c4ccccc4)c(-c4ccc(CN)cc4)nc3n2)C1. The van der Waals surface area contributed by atoms with Crippen LogP contribution in [0.3, 0.4) is 0 Å². The summed E-state index contributed by atoms with van der Waals surface area (Å²) in [5.74, 6) is 0. The van der Waals surface area contributed by atoms with Gasteiger partial charge in [0.25, 0.3) is 0 Å². The Hall–Kier alpha value is -3.77. The predicted octanol–water partition coefficient (Wildman–Crippen LogP) is 4.39. The molecule has 0 saturated carbocycles. The Labute approximate surface area is 174 Å². The third kappa shape index (κ3) is 3.38. The fourth-order valence-corrected chi connectivity index (χ4v) is 3.50. The Morgan fingerprint density at radius 3 is 2.20 bits per heavy atom. The number of benzene rings is 2. The number of hydrogen-bond donors (Lipinski definition) is 1. The zero-order valence-electron chi connectivity index (χ0n) is 16.6. The maximum atomic E-state index is 5.76. The standard InChI is InChI=1S/C24H20N6/c1-15-13-21(30-29-15)19-11-12-20-24(27-19)28-23(18-9-7-16(14-25)8-10-18)22(26-20)17-5-3-2-4-6-17/h2-12H,13-14,25H2,1H3. The first-order valence-corrected chi connectivity index (χ1v) is 9.85. The lowest BCUT2D eigenvalue weighted by molar-refractivity contribution is 1.07. The van der Waals surface area contributed by atoms with Gasteiger partial charge in [0.2, 0.25) is 0 Å². The molecule has 0 aliphatic carbocycles. The maximum Gasteiger partial charge on any atom is 0.179 e. The zero-order chi connectivity index (χ0) is 20.5. The Morgan fingerprint density at radius 2 is 1.50 bits per heavy atom. The van der Waals surface area contributed by atoms with Crippen LogP contribution in [0.4, 0.5) is 0 Å². The van der Waals surface area contributed by atoms with Gasteiger partial charge < -0.3 is 5.73 Å². The number of pyridine rings is 1. The van der Waals surface area contributed by atoms with Crippen LogP contribution in [-0.4, -0.2) is 26.4 Å². The van der Waals surface area contributed by atoms with E-state index in [4.69, 9.17) is 20.7 Å². The van der Waals surface area contributed by atoms with E-state index >= 15 is 0 Å². The van der Waals surface area contributed by atoms with Gasteiger partial charge in [-0.05, 0) is 24.6 Å². The normalized spacial score (nSPS) is 13.4. The molecule has 0 bridgehead atoms. The Morgan fingerprint density at radius 1 is 0.767 bits per heavy atom. The average Bonchev–Trinajstić information content (AvgIpc) is 3.25. The second-order valence-electron chi connectivity index (χ2n) is 7.29. The number of nitrogens with two attached hydrogens (primary N) is 1. The molecule has 2 aromatic heterocycles. The van der Waals surface area contributed by atoms with Crippen molar-refractivity contribution in [3.8, 4) is 22.5 Å². The summed E-state index contributed by atoms with van der Waals surface area (Å²) >= 11 is 0. The van der Waals surface area contributed by atoms with Crippen LogP contribution >= 0.6 is 0 Å². The van der Waals surface area contributed by atoms with E-state index in [0.717, 1.165) is 50.7 Å². The molecule has 0 fully saturated rings. The van der Waals surface area contributed by atoms with E-state index in [1.54, 1.807) is 0 Å². The minimum atomic E-state index is 0.504. The van der Waals surface area contributed by atoms with Crippen molar-refractivity contribution < 1.29 is 0 Å². The molecule has 0 saturated heterocycles. The highest BCUT2D eigenvalue weighted by Crippen LogP contribution is 2.31. The van der Waals surface area contributed by atoms with E-state index in [9.17, 15) is 0 Å². The molecule has 0 radical (unpaired) electrons. The van der Waals surface area contributed by atoms with Crippen LogP contribution < -0.4 is 5.73 Å². The Balaban J connectivity index is 1.69. The monoisotopic (exact) mass is 392 g/mol. The summed E-state index contributed by atoms with van der Waals surface area (Å²) in [6, 6.07) is 22.1. The van der Waals surface area contributed by atoms with Crippen molar-refractivity contribution in [2.75, 3.05) is 0 Å². The molecule has 30 heavy (non-hydrogen) atoms. The summed E-state index contributed by atoms with van der Waals surface area (Å²) < 4.78 is 0. The third-order valence-electron chi connectivity index (χ3n) is 5.10. The molecule has 6 nitrogen and oxygen atoms in total. The molecule has 2 N–H and O–H groups in total. The van der Waals surface area contributed by atoms with Gasteiger partial charge in [-0.2, -0.15) is 10.2 Å². The Kier molecular flexibility index (Phi) is 4.61. The topological polar surface area (TPSA) is 89.4 Å². The summed E-state index contributed by atoms with van der Waals surface area (Å²) in [4.78, 5) is 14.6. The van der Waals surface area contributed by atoms with Crippen molar-refractivity contribution in [3.63, 3.8) is 0 Å². The quantitative estimate of drug-likeness (QED) is 0.558. The van der Waals surface area contributed by atoms with Crippen LogP contribution in [0, 0.1) is 0 Å². The van der Waals surface area contributed by atoms with Crippen molar-refractivity contribution in [1.29, 1.82) is 0 Å². The van der Waals surface area contributed by atoms with E-state index < -0.39 is 0 Å². The molecule has 146 valence electrons. The van der Waals surface area contributed by atoms with Gasteiger partial charge in [0.15, 0.2) is 5.65 Å². The minimum Gasteiger partial charge on any atom is -0.326 e. The van der Waals surface area contributed by atoms with Crippen LogP contribution in [0.15, 0.2) is 76.9 Å². The van der Waals surface area contributed by atoms with Crippen LogP contribution in [0.2, 0.25) is 0 Å². The van der Waals surface area contributed by atoms with Gasteiger partial charge in [-0.3, -0.25) is 0 Å². The first kappa shape index (κ1) is 18.3. The number of fused-ring (bicyclic) bond motifs is 1. The highest BCUT2D eigenvalue weighted by molar-refractivity contribution is 6.14. The van der Waals surface area contributed by atoms with Crippen LogP contribution in [0.25, 0.3) is 33.7 Å². The molecule has 4 aromatic rings. The van der Waals surface area contributed by atoms with Crippen LogP contribution in [-0.2, 0) is 6.54 Å². The molecule has 1 aliphatic rings. The summed E-state index contributed by atoms with van der Waals surface area (Å²) in [5, 5.41) is 8.37. The van der Waals surface area contributed by atoms with Gasteiger partial charge in [-0.25, -0.2) is 15.0 Å². The van der Waals surface area contributed by atoms with Gasteiger partial charge >= 0.3 is 0 Å². The summed E-state index contributed by atoms with van der Waals surface area (Å²) in [6.07, 6.45) is 0.710. The van der Waals surface area contributed by atoms with E-state index in [1.807, 2.05) is 73.7 Å². The fourth-order valence-electron chi connectivity index (χ4n) is 3.50. The molecule has 1 aliphatic heterocycles.